The van der Waals surface area contributed by atoms with Crippen molar-refractivity contribution in [1.29, 1.82) is 0 Å². The van der Waals surface area contributed by atoms with E-state index in [2.05, 4.69) is 19.2 Å². The molecule has 0 unspecified atom stereocenters. The molecular weight excluding hydrogens is 254 g/mol. The summed E-state index contributed by atoms with van der Waals surface area (Å²) >= 11 is 0. The van der Waals surface area contributed by atoms with Gasteiger partial charge in [-0.2, -0.15) is 0 Å². The zero-order chi connectivity index (χ0) is 15.0. The van der Waals surface area contributed by atoms with Gasteiger partial charge in [-0.25, -0.2) is 0 Å². The number of benzene rings is 1. The normalized spacial score (nSPS) is 11.4. The topological polar surface area (TPSA) is 50.7 Å². The summed E-state index contributed by atoms with van der Waals surface area (Å²) in [7, 11) is 3.30. The Morgan fingerprint density at radius 1 is 1.15 bits per heavy atom. The fourth-order valence-electron chi connectivity index (χ4n) is 2.24. The van der Waals surface area contributed by atoms with Crippen molar-refractivity contribution >= 4 is 0 Å². The molecule has 20 heavy (non-hydrogen) atoms. The largest absolute Gasteiger partial charge is 0.497 e. The van der Waals surface area contributed by atoms with Crippen molar-refractivity contribution in [2.75, 3.05) is 27.4 Å². The van der Waals surface area contributed by atoms with Gasteiger partial charge in [-0.05, 0) is 18.9 Å². The lowest BCUT2D eigenvalue weighted by molar-refractivity contribution is 0.113. The fraction of sp³-hybridized carbons (Fsp3) is 0.625. The van der Waals surface area contributed by atoms with Crippen LogP contribution in [0.1, 0.15) is 32.3 Å². The summed E-state index contributed by atoms with van der Waals surface area (Å²) in [6.45, 7) is 5.97. The van der Waals surface area contributed by atoms with E-state index in [1.165, 1.54) is 0 Å². The molecule has 0 aromatic heterocycles. The minimum atomic E-state index is -0.0281. The predicted octanol–water partition coefficient (Wildman–Crippen LogP) is 2.59. The molecule has 0 atom stereocenters. The summed E-state index contributed by atoms with van der Waals surface area (Å²) in [6.07, 6.45) is 1.93. The molecule has 1 aromatic carbocycles. The number of methoxy groups -OCH3 is 2. The van der Waals surface area contributed by atoms with Gasteiger partial charge < -0.3 is 19.9 Å². The van der Waals surface area contributed by atoms with Crippen LogP contribution in [0.2, 0.25) is 0 Å². The van der Waals surface area contributed by atoms with E-state index in [0.717, 1.165) is 43.0 Å². The molecule has 1 aromatic rings. The molecule has 1 rings (SSSR count). The number of ether oxygens (including phenoxy) is 2. The quantitative estimate of drug-likeness (QED) is 0.730. The summed E-state index contributed by atoms with van der Waals surface area (Å²) < 4.78 is 10.6. The van der Waals surface area contributed by atoms with E-state index >= 15 is 0 Å². The van der Waals surface area contributed by atoms with Gasteiger partial charge in [-0.15, -0.1) is 0 Å². The Morgan fingerprint density at radius 2 is 1.85 bits per heavy atom. The van der Waals surface area contributed by atoms with E-state index in [1.807, 2.05) is 18.2 Å². The number of aliphatic hydroxyl groups excluding tert-OH is 1. The summed E-state index contributed by atoms with van der Waals surface area (Å²) in [5.41, 5.74) is 1.06. The number of rotatable bonds is 9. The summed E-state index contributed by atoms with van der Waals surface area (Å²) in [6, 6.07) is 5.82. The third kappa shape index (κ3) is 4.12. The second-order valence-electron chi connectivity index (χ2n) is 5.15. The maximum absolute atomic E-state index is 9.56. The average Bonchev–Trinajstić information content (AvgIpc) is 2.52. The van der Waals surface area contributed by atoms with E-state index < -0.39 is 0 Å². The van der Waals surface area contributed by atoms with Gasteiger partial charge in [0, 0.05) is 36.7 Å². The van der Waals surface area contributed by atoms with E-state index in [1.54, 1.807) is 14.2 Å². The van der Waals surface area contributed by atoms with Crippen LogP contribution >= 0.6 is 0 Å². The molecular formula is C16H27NO3. The molecule has 0 bridgehead atoms. The molecule has 0 spiro atoms. The van der Waals surface area contributed by atoms with Crippen molar-refractivity contribution in [2.45, 2.75) is 33.2 Å². The highest BCUT2D eigenvalue weighted by Gasteiger charge is 2.24. The number of hydrogen-bond acceptors (Lipinski definition) is 4. The van der Waals surface area contributed by atoms with E-state index in [4.69, 9.17) is 9.47 Å². The molecule has 0 aliphatic heterocycles. The highest BCUT2D eigenvalue weighted by atomic mass is 16.5. The first kappa shape index (κ1) is 16.8. The molecule has 4 heteroatoms. The van der Waals surface area contributed by atoms with Gasteiger partial charge in [0.25, 0.3) is 0 Å². The highest BCUT2D eigenvalue weighted by Crippen LogP contribution is 2.26. The third-order valence-corrected chi connectivity index (χ3v) is 4.15. The Balaban J connectivity index is 2.66. The number of hydrogen-bond donors (Lipinski definition) is 2. The molecule has 0 aliphatic carbocycles. The van der Waals surface area contributed by atoms with Gasteiger partial charge in [0.15, 0.2) is 0 Å². The molecule has 114 valence electrons. The van der Waals surface area contributed by atoms with Gasteiger partial charge in [0.05, 0.1) is 14.2 Å². The smallest absolute Gasteiger partial charge is 0.127 e. The highest BCUT2D eigenvalue weighted by molar-refractivity contribution is 5.40. The maximum atomic E-state index is 9.56. The van der Waals surface area contributed by atoms with E-state index in [-0.39, 0.29) is 12.0 Å². The molecule has 0 radical (unpaired) electrons. The molecule has 0 aliphatic rings. The van der Waals surface area contributed by atoms with Gasteiger partial charge in [0.2, 0.25) is 0 Å². The first-order valence-corrected chi connectivity index (χ1v) is 7.17. The van der Waals surface area contributed by atoms with Crippen LogP contribution in [0, 0.1) is 5.41 Å². The van der Waals surface area contributed by atoms with Crippen LogP contribution in [0.5, 0.6) is 11.5 Å². The molecule has 4 nitrogen and oxygen atoms in total. The Morgan fingerprint density at radius 3 is 2.35 bits per heavy atom. The van der Waals surface area contributed by atoms with Crippen LogP contribution in [0.3, 0.4) is 0 Å². The molecule has 0 amide bonds. The van der Waals surface area contributed by atoms with Crippen molar-refractivity contribution in [1.82, 2.24) is 5.32 Å². The zero-order valence-electron chi connectivity index (χ0n) is 13.0. The van der Waals surface area contributed by atoms with Crippen LogP contribution in [0.4, 0.5) is 0 Å². The lowest BCUT2D eigenvalue weighted by atomic mass is 9.83. The number of aliphatic hydroxyl groups is 1. The first-order chi connectivity index (χ1) is 9.64. The van der Waals surface area contributed by atoms with Gasteiger partial charge in [-0.1, -0.05) is 19.9 Å². The van der Waals surface area contributed by atoms with Crippen molar-refractivity contribution < 1.29 is 14.6 Å². The van der Waals surface area contributed by atoms with Gasteiger partial charge >= 0.3 is 0 Å². The predicted molar refractivity (Wildman–Crippen MR) is 81.4 cm³/mol. The lowest BCUT2D eigenvalue weighted by Crippen LogP contribution is -2.36. The monoisotopic (exact) mass is 281 g/mol. The molecule has 0 saturated heterocycles. The Bertz CT molecular complexity index is 394. The van der Waals surface area contributed by atoms with Crippen molar-refractivity contribution in [3.8, 4) is 11.5 Å². The van der Waals surface area contributed by atoms with Gasteiger partial charge in [0.1, 0.15) is 11.5 Å². The fourth-order valence-corrected chi connectivity index (χ4v) is 2.24. The minimum absolute atomic E-state index is 0.0281. The molecule has 2 N–H and O–H groups in total. The molecule has 0 saturated carbocycles. The minimum Gasteiger partial charge on any atom is -0.497 e. The molecule has 0 heterocycles. The number of nitrogens with one attached hydrogen (secondary N) is 1. The summed E-state index contributed by atoms with van der Waals surface area (Å²) in [5, 5.41) is 13.0. The Hall–Kier alpha value is -1.26. The first-order valence-electron chi connectivity index (χ1n) is 7.17. The standard InChI is InChI=1S/C16H27NO3/c1-5-16(6-2,12-18)11-17-10-13-7-8-14(19-3)9-15(13)20-4/h7-9,17-18H,5-6,10-12H2,1-4H3. The van der Waals surface area contributed by atoms with Crippen LogP contribution in [0.15, 0.2) is 18.2 Å². The average molecular weight is 281 g/mol. The van der Waals surface area contributed by atoms with Crippen molar-refractivity contribution in [2.24, 2.45) is 5.41 Å². The SMILES string of the molecule is CCC(CC)(CO)CNCc1ccc(OC)cc1OC. The molecule has 0 fully saturated rings. The van der Waals surface area contributed by atoms with Crippen molar-refractivity contribution in [3.05, 3.63) is 23.8 Å². The third-order valence-electron chi connectivity index (χ3n) is 4.15. The maximum Gasteiger partial charge on any atom is 0.127 e. The van der Waals surface area contributed by atoms with Crippen molar-refractivity contribution in [3.63, 3.8) is 0 Å². The van der Waals surface area contributed by atoms with Gasteiger partial charge in [-0.3, -0.25) is 0 Å². The lowest BCUT2D eigenvalue weighted by Gasteiger charge is -2.29. The van der Waals surface area contributed by atoms with Crippen LogP contribution in [-0.4, -0.2) is 32.5 Å². The second-order valence-corrected chi connectivity index (χ2v) is 5.15. The van der Waals surface area contributed by atoms with E-state index in [0.29, 0.717) is 0 Å². The summed E-state index contributed by atoms with van der Waals surface area (Å²) in [4.78, 5) is 0. The zero-order valence-corrected chi connectivity index (χ0v) is 13.0. The van der Waals surface area contributed by atoms with Crippen LogP contribution < -0.4 is 14.8 Å². The second kappa shape index (κ2) is 8.12. The Labute approximate surface area is 122 Å². The Kier molecular flexibility index (Phi) is 6.82. The van der Waals surface area contributed by atoms with Crippen LogP contribution in [0.25, 0.3) is 0 Å². The van der Waals surface area contributed by atoms with E-state index in [9.17, 15) is 5.11 Å². The van der Waals surface area contributed by atoms with Crippen LogP contribution in [-0.2, 0) is 6.54 Å². The summed E-state index contributed by atoms with van der Waals surface area (Å²) in [5.74, 6) is 1.61.